The molecule has 17 heavy (non-hydrogen) atoms. The molecule has 1 unspecified atom stereocenters. The number of amides is 1. The summed E-state index contributed by atoms with van der Waals surface area (Å²) in [6.07, 6.45) is 2.15. The van der Waals surface area contributed by atoms with Crippen LogP contribution in [-0.2, 0) is 11.3 Å². The lowest BCUT2D eigenvalue weighted by molar-refractivity contribution is -0.117. The van der Waals surface area contributed by atoms with Gasteiger partial charge in [-0.25, -0.2) is 4.68 Å². The molecule has 1 aromatic heterocycles. The van der Waals surface area contributed by atoms with Gasteiger partial charge in [0.05, 0.1) is 6.20 Å². The lowest BCUT2D eigenvalue weighted by atomic mass is 10.1. The predicted molar refractivity (Wildman–Crippen MR) is 64.6 cm³/mol. The van der Waals surface area contributed by atoms with Crippen LogP contribution in [-0.4, -0.2) is 33.9 Å². The van der Waals surface area contributed by atoms with E-state index in [1.807, 2.05) is 10.7 Å². The fourth-order valence-corrected chi connectivity index (χ4v) is 2.17. The van der Waals surface area contributed by atoms with E-state index < -0.39 is 0 Å². The van der Waals surface area contributed by atoms with E-state index in [0.29, 0.717) is 18.9 Å². The number of carbonyl (C=O) groups excluding carboxylic acids is 1. The van der Waals surface area contributed by atoms with Crippen LogP contribution < -0.4 is 4.90 Å². The fourth-order valence-electron chi connectivity index (χ4n) is 2.17. The summed E-state index contributed by atoms with van der Waals surface area (Å²) in [4.78, 5) is 13.6. The average molecular weight is 237 g/mol. The smallest absolute Gasteiger partial charge is 0.228 e. The van der Waals surface area contributed by atoms with Gasteiger partial charge in [0.1, 0.15) is 5.82 Å². The molecule has 1 fully saturated rings. The van der Waals surface area contributed by atoms with E-state index in [4.69, 9.17) is 5.11 Å². The second kappa shape index (κ2) is 4.87. The van der Waals surface area contributed by atoms with Crippen LogP contribution in [0.2, 0.25) is 0 Å². The molecule has 0 saturated carbocycles. The summed E-state index contributed by atoms with van der Waals surface area (Å²) in [6, 6.07) is 1.86. The molecule has 0 spiro atoms. The number of aliphatic hydroxyl groups excluding tert-OH is 1. The molecule has 1 aliphatic rings. The summed E-state index contributed by atoms with van der Waals surface area (Å²) in [7, 11) is 0. The molecule has 1 amide bonds. The topological polar surface area (TPSA) is 58.4 Å². The standard InChI is InChI=1S/C12H19N3O2/c1-9(2)6-15-11(3-4-13-15)14-7-10(8-16)5-12(14)17/h3-4,9-10,16H,5-8H2,1-2H3. The Morgan fingerprint density at radius 2 is 2.35 bits per heavy atom. The molecule has 0 aromatic carbocycles. The number of anilines is 1. The summed E-state index contributed by atoms with van der Waals surface area (Å²) in [5.41, 5.74) is 0. The first kappa shape index (κ1) is 12.1. The maximum Gasteiger partial charge on any atom is 0.228 e. The van der Waals surface area contributed by atoms with Crippen LogP contribution in [0.4, 0.5) is 5.82 Å². The Morgan fingerprint density at radius 1 is 1.59 bits per heavy atom. The van der Waals surface area contributed by atoms with E-state index in [1.165, 1.54) is 0 Å². The summed E-state index contributed by atoms with van der Waals surface area (Å²) < 4.78 is 1.86. The van der Waals surface area contributed by atoms with Crippen molar-refractivity contribution in [3.63, 3.8) is 0 Å². The predicted octanol–water partition coefficient (Wildman–Crippen LogP) is 0.884. The minimum Gasteiger partial charge on any atom is -0.396 e. The highest BCUT2D eigenvalue weighted by Gasteiger charge is 2.31. The molecule has 5 nitrogen and oxygen atoms in total. The number of rotatable bonds is 4. The van der Waals surface area contributed by atoms with E-state index in [0.717, 1.165) is 12.4 Å². The van der Waals surface area contributed by atoms with Gasteiger partial charge >= 0.3 is 0 Å². The van der Waals surface area contributed by atoms with Gasteiger partial charge in [0.25, 0.3) is 0 Å². The van der Waals surface area contributed by atoms with Gasteiger partial charge in [-0.1, -0.05) is 13.8 Å². The maximum atomic E-state index is 11.9. The van der Waals surface area contributed by atoms with Crippen LogP contribution in [0.3, 0.4) is 0 Å². The molecule has 94 valence electrons. The molecule has 1 N–H and O–H groups in total. The third-order valence-electron chi connectivity index (χ3n) is 2.97. The highest BCUT2D eigenvalue weighted by atomic mass is 16.3. The first-order valence-electron chi connectivity index (χ1n) is 6.05. The van der Waals surface area contributed by atoms with Crippen LogP contribution in [0.25, 0.3) is 0 Å². The molecule has 2 heterocycles. The zero-order valence-electron chi connectivity index (χ0n) is 10.3. The van der Waals surface area contributed by atoms with E-state index in [-0.39, 0.29) is 18.4 Å². The van der Waals surface area contributed by atoms with Gasteiger partial charge in [-0.3, -0.25) is 9.69 Å². The first-order chi connectivity index (χ1) is 8.11. The van der Waals surface area contributed by atoms with E-state index in [1.54, 1.807) is 11.1 Å². The van der Waals surface area contributed by atoms with Crippen LogP contribution in [0.15, 0.2) is 12.3 Å². The van der Waals surface area contributed by atoms with Crippen molar-refractivity contribution >= 4 is 11.7 Å². The number of nitrogens with zero attached hydrogens (tertiary/aromatic N) is 3. The summed E-state index contributed by atoms with van der Waals surface area (Å²) in [5, 5.41) is 13.4. The Kier molecular flexibility index (Phi) is 3.47. The van der Waals surface area contributed by atoms with Crippen molar-refractivity contribution in [2.24, 2.45) is 11.8 Å². The fraction of sp³-hybridized carbons (Fsp3) is 0.667. The van der Waals surface area contributed by atoms with Crippen molar-refractivity contribution in [2.75, 3.05) is 18.1 Å². The quantitative estimate of drug-likeness (QED) is 0.846. The van der Waals surface area contributed by atoms with Gasteiger partial charge in [-0.2, -0.15) is 5.10 Å². The maximum absolute atomic E-state index is 11.9. The van der Waals surface area contributed by atoms with Crippen molar-refractivity contribution in [1.82, 2.24) is 9.78 Å². The average Bonchev–Trinajstić information content (AvgIpc) is 2.83. The highest BCUT2D eigenvalue weighted by Crippen LogP contribution is 2.24. The molecular weight excluding hydrogens is 218 g/mol. The van der Waals surface area contributed by atoms with Gasteiger partial charge in [0, 0.05) is 38.1 Å². The van der Waals surface area contributed by atoms with Crippen LogP contribution in [0, 0.1) is 11.8 Å². The Labute approximate surface area is 101 Å². The Morgan fingerprint density at radius 3 is 2.94 bits per heavy atom. The van der Waals surface area contributed by atoms with Gasteiger partial charge in [0.2, 0.25) is 5.91 Å². The Hall–Kier alpha value is -1.36. The van der Waals surface area contributed by atoms with Crippen molar-refractivity contribution in [1.29, 1.82) is 0 Å². The number of carbonyl (C=O) groups is 1. The van der Waals surface area contributed by atoms with E-state index in [2.05, 4.69) is 18.9 Å². The van der Waals surface area contributed by atoms with Crippen molar-refractivity contribution in [3.8, 4) is 0 Å². The minimum absolute atomic E-state index is 0.0601. The molecule has 0 aliphatic carbocycles. The van der Waals surface area contributed by atoms with Crippen LogP contribution >= 0.6 is 0 Å². The third-order valence-corrected chi connectivity index (χ3v) is 2.97. The molecule has 1 atom stereocenters. The van der Waals surface area contributed by atoms with Crippen LogP contribution in [0.5, 0.6) is 0 Å². The lowest BCUT2D eigenvalue weighted by Crippen LogP contribution is -2.28. The summed E-state index contributed by atoms with van der Waals surface area (Å²) in [6.45, 7) is 5.71. The molecule has 1 aromatic rings. The SMILES string of the molecule is CC(C)Cn1nccc1N1CC(CO)CC1=O. The first-order valence-corrected chi connectivity index (χ1v) is 6.05. The zero-order valence-corrected chi connectivity index (χ0v) is 10.3. The number of aromatic nitrogens is 2. The van der Waals surface area contributed by atoms with Crippen molar-refractivity contribution in [2.45, 2.75) is 26.8 Å². The lowest BCUT2D eigenvalue weighted by Gasteiger charge is -2.18. The molecule has 5 heteroatoms. The summed E-state index contributed by atoms with van der Waals surface area (Å²) in [5.74, 6) is 1.47. The molecule has 0 radical (unpaired) electrons. The van der Waals surface area contributed by atoms with Crippen molar-refractivity contribution in [3.05, 3.63) is 12.3 Å². The largest absolute Gasteiger partial charge is 0.396 e. The summed E-state index contributed by atoms with van der Waals surface area (Å²) >= 11 is 0. The minimum atomic E-state index is 0.0601. The van der Waals surface area contributed by atoms with E-state index >= 15 is 0 Å². The molecular formula is C12H19N3O2. The van der Waals surface area contributed by atoms with E-state index in [9.17, 15) is 4.79 Å². The molecule has 0 bridgehead atoms. The van der Waals surface area contributed by atoms with Gasteiger partial charge in [0.15, 0.2) is 0 Å². The van der Waals surface area contributed by atoms with Crippen LogP contribution in [0.1, 0.15) is 20.3 Å². The second-order valence-corrected chi connectivity index (χ2v) is 5.02. The number of hydrogen-bond donors (Lipinski definition) is 1. The van der Waals surface area contributed by atoms with Gasteiger partial charge in [-0.05, 0) is 5.92 Å². The molecule has 1 aliphatic heterocycles. The highest BCUT2D eigenvalue weighted by molar-refractivity contribution is 5.94. The van der Waals surface area contributed by atoms with Crippen molar-refractivity contribution < 1.29 is 9.90 Å². The zero-order chi connectivity index (χ0) is 12.4. The third kappa shape index (κ3) is 2.49. The number of aliphatic hydroxyl groups is 1. The van der Waals surface area contributed by atoms with Gasteiger partial charge in [-0.15, -0.1) is 0 Å². The second-order valence-electron chi connectivity index (χ2n) is 5.02. The Bertz CT molecular complexity index is 400. The Balaban J connectivity index is 2.17. The molecule has 1 saturated heterocycles. The normalized spacial score (nSPS) is 20.6. The van der Waals surface area contributed by atoms with Gasteiger partial charge < -0.3 is 5.11 Å². The number of hydrogen-bond acceptors (Lipinski definition) is 3. The molecule has 2 rings (SSSR count). The monoisotopic (exact) mass is 237 g/mol.